The zero-order chi connectivity index (χ0) is 27.3. The fourth-order valence-corrected chi connectivity index (χ4v) is 5.39. The molecule has 3 aromatic carbocycles. The Balaban J connectivity index is 1.27. The molecule has 4 rings (SSSR count). The largest absolute Gasteiger partial charge is 0.484 e. The summed E-state index contributed by atoms with van der Waals surface area (Å²) in [6, 6.07) is 19.7. The molecule has 0 spiro atoms. The Kier molecular flexibility index (Phi) is 8.27. The summed E-state index contributed by atoms with van der Waals surface area (Å²) >= 11 is 0. The van der Waals surface area contributed by atoms with Crippen LogP contribution in [0.25, 0.3) is 0 Å². The molecule has 1 atom stereocenters. The van der Waals surface area contributed by atoms with Crippen molar-refractivity contribution in [3.8, 4) is 5.75 Å². The topological polar surface area (TPSA) is 78.9 Å². The number of ether oxygens (including phenoxy) is 1. The molecule has 1 fully saturated rings. The van der Waals surface area contributed by atoms with Crippen LogP contribution in [0.4, 0.5) is 18.9 Å². The number of sulfonamides is 1. The number of carbonyl (C=O) groups excluding carboxylic acids is 1. The maximum atomic E-state index is 13.0. The van der Waals surface area contributed by atoms with Crippen LogP contribution in [0.15, 0.2) is 83.8 Å². The first kappa shape index (κ1) is 27.5. The predicted octanol–water partition coefficient (Wildman–Crippen LogP) is 4.47. The van der Waals surface area contributed by atoms with Crippen LogP contribution in [0.5, 0.6) is 5.75 Å². The van der Waals surface area contributed by atoms with Gasteiger partial charge in [0.15, 0.2) is 6.61 Å². The summed E-state index contributed by atoms with van der Waals surface area (Å²) in [4.78, 5) is 16.1. The fraction of sp³-hybridized carbons (Fsp3) is 0.296. The number of halogens is 3. The number of alkyl halides is 3. The van der Waals surface area contributed by atoms with Crippen molar-refractivity contribution >= 4 is 21.6 Å². The average Bonchev–Trinajstić information content (AvgIpc) is 2.92. The van der Waals surface area contributed by atoms with Crippen LogP contribution in [0.2, 0.25) is 0 Å². The molecule has 1 N–H and O–H groups in total. The molecule has 202 valence electrons. The van der Waals surface area contributed by atoms with Gasteiger partial charge in [0.05, 0.1) is 10.5 Å². The van der Waals surface area contributed by atoms with E-state index in [2.05, 4.69) is 4.72 Å². The highest BCUT2D eigenvalue weighted by atomic mass is 32.2. The van der Waals surface area contributed by atoms with Gasteiger partial charge < -0.3 is 14.5 Å². The molecule has 0 aliphatic carbocycles. The standard InChI is InChI=1S/C27H28F3N3O4S/c1-20(21-6-3-2-4-7-21)31-38(35,36)25-12-10-24(11-13-25)37-19-26(34)33-16-14-32(15-17-33)23-9-5-8-22(18-23)27(28,29)30/h2-13,18,20,31H,14-17,19H2,1H3/t20-/m1/s1. The summed E-state index contributed by atoms with van der Waals surface area (Å²) in [6.45, 7) is 3.01. The first-order valence-corrected chi connectivity index (χ1v) is 13.5. The lowest BCUT2D eigenvalue weighted by atomic mass is 10.1. The SMILES string of the molecule is C[C@@H](NS(=O)(=O)c1ccc(OCC(=O)N2CCN(c3cccc(C(F)(F)F)c3)CC2)cc1)c1ccccc1. The van der Waals surface area contributed by atoms with Crippen LogP contribution in [-0.2, 0) is 21.0 Å². The maximum Gasteiger partial charge on any atom is 0.416 e. The smallest absolute Gasteiger partial charge is 0.416 e. The summed E-state index contributed by atoms with van der Waals surface area (Å²) in [6.07, 6.45) is -4.41. The van der Waals surface area contributed by atoms with Gasteiger partial charge in [0.25, 0.3) is 5.91 Å². The van der Waals surface area contributed by atoms with Gasteiger partial charge in [0.2, 0.25) is 10.0 Å². The van der Waals surface area contributed by atoms with Gasteiger partial charge in [-0.1, -0.05) is 36.4 Å². The van der Waals surface area contributed by atoms with E-state index in [0.29, 0.717) is 37.6 Å². The molecule has 0 unspecified atom stereocenters. The summed E-state index contributed by atoms with van der Waals surface area (Å²) in [5.41, 5.74) is 0.596. The van der Waals surface area contributed by atoms with Crippen molar-refractivity contribution in [1.29, 1.82) is 0 Å². The van der Waals surface area contributed by atoms with Crippen molar-refractivity contribution in [2.75, 3.05) is 37.7 Å². The summed E-state index contributed by atoms with van der Waals surface area (Å²) in [5.74, 6) is 0.0831. The lowest BCUT2D eigenvalue weighted by Crippen LogP contribution is -2.50. The molecular formula is C27H28F3N3O4S. The number of nitrogens with zero attached hydrogens (tertiary/aromatic N) is 2. The van der Waals surface area contributed by atoms with Gasteiger partial charge in [-0.3, -0.25) is 4.79 Å². The van der Waals surface area contributed by atoms with Gasteiger partial charge in [0.1, 0.15) is 5.75 Å². The van der Waals surface area contributed by atoms with Crippen LogP contribution >= 0.6 is 0 Å². The molecule has 0 radical (unpaired) electrons. The third kappa shape index (κ3) is 6.84. The first-order valence-electron chi connectivity index (χ1n) is 12.0. The Bertz CT molecular complexity index is 1340. The second-order valence-electron chi connectivity index (χ2n) is 8.93. The van der Waals surface area contributed by atoms with E-state index in [0.717, 1.165) is 17.7 Å². The van der Waals surface area contributed by atoms with Crippen LogP contribution < -0.4 is 14.4 Å². The normalized spacial score (nSPS) is 15.3. The molecule has 11 heteroatoms. The van der Waals surface area contributed by atoms with Crippen LogP contribution in [0, 0.1) is 0 Å². The molecule has 1 saturated heterocycles. The van der Waals surface area contributed by atoms with Gasteiger partial charge in [-0.15, -0.1) is 0 Å². The van der Waals surface area contributed by atoms with Crippen LogP contribution in [0.3, 0.4) is 0 Å². The van der Waals surface area contributed by atoms with Crippen LogP contribution in [-0.4, -0.2) is 52.0 Å². The Morgan fingerprint density at radius 3 is 2.24 bits per heavy atom. The molecular weight excluding hydrogens is 519 g/mol. The van der Waals surface area contributed by atoms with Gasteiger partial charge in [-0.25, -0.2) is 13.1 Å². The number of anilines is 1. The zero-order valence-electron chi connectivity index (χ0n) is 20.7. The van der Waals surface area contributed by atoms with E-state index in [1.165, 1.54) is 30.3 Å². The number of amides is 1. The van der Waals surface area contributed by atoms with E-state index < -0.39 is 27.8 Å². The summed E-state index contributed by atoms with van der Waals surface area (Å²) in [7, 11) is -3.76. The van der Waals surface area contributed by atoms with Crippen molar-refractivity contribution in [1.82, 2.24) is 9.62 Å². The number of hydrogen-bond acceptors (Lipinski definition) is 5. The molecule has 1 amide bonds. The number of hydrogen-bond donors (Lipinski definition) is 1. The van der Waals surface area contributed by atoms with E-state index in [4.69, 9.17) is 4.74 Å². The van der Waals surface area contributed by atoms with Gasteiger partial charge >= 0.3 is 6.18 Å². The maximum absolute atomic E-state index is 13.0. The molecule has 0 saturated carbocycles. The van der Waals surface area contributed by atoms with Gasteiger partial charge in [0, 0.05) is 37.9 Å². The van der Waals surface area contributed by atoms with E-state index in [-0.39, 0.29) is 17.4 Å². The van der Waals surface area contributed by atoms with E-state index >= 15 is 0 Å². The zero-order valence-corrected chi connectivity index (χ0v) is 21.5. The molecule has 38 heavy (non-hydrogen) atoms. The minimum Gasteiger partial charge on any atom is -0.484 e. The lowest BCUT2D eigenvalue weighted by Gasteiger charge is -2.36. The molecule has 0 aromatic heterocycles. The quantitative estimate of drug-likeness (QED) is 0.450. The highest BCUT2D eigenvalue weighted by Crippen LogP contribution is 2.32. The molecule has 3 aromatic rings. The summed E-state index contributed by atoms with van der Waals surface area (Å²) < 4.78 is 72.7. The Labute approximate surface area is 219 Å². The second kappa shape index (κ2) is 11.4. The fourth-order valence-electron chi connectivity index (χ4n) is 4.15. The number of rotatable bonds is 8. The average molecular weight is 548 g/mol. The van der Waals surface area contributed by atoms with E-state index in [1.807, 2.05) is 35.2 Å². The summed E-state index contributed by atoms with van der Waals surface area (Å²) in [5, 5.41) is 0. The number of nitrogens with one attached hydrogen (secondary N) is 1. The highest BCUT2D eigenvalue weighted by molar-refractivity contribution is 7.89. The minimum atomic E-state index is -4.41. The number of carbonyl (C=O) groups is 1. The van der Waals surface area contributed by atoms with Crippen LogP contribution in [0.1, 0.15) is 24.1 Å². The van der Waals surface area contributed by atoms with Crippen molar-refractivity contribution < 1.29 is 31.1 Å². The third-order valence-corrected chi connectivity index (χ3v) is 7.86. The number of benzene rings is 3. The van der Waals surface area contributed by atoms with E-state index in [1.54, 1.807) is 17.9 Å². The van der Waals surface area contributed by atoms with Gasteiger partial charge in [-0.05, 0) is 55.0 Å². The number of piperazine rings is 1. The van der Waals surface area contributed by atoms with Crippen molar-refractivity contribution in [2.24, 2.45) is 0 Å². The second-order valence-corrected chi connectivity index (χ2v) is 10.6. The molecule has 1 aliphatic heterocycles. The first-order chi connectivity index (χ1) is 18.0. The molecule has 7 nitrogen and oxygen atoms in total. The van der Waals surface area contributed by atoms with E-state index in [9.17, 15) is 26.4 Å². The monoisotopic (exact) mass is 547 g/mol. The predicted molar refractivity (Wildman–Crippen MR) is 137 cm³/mol. The van der Waals surface area contributed by atoms with Gasteiger partial charge in [-0.2, -0.15) is 13.2 Å². The Morgan fingerprint density at radius 2 is 1.61 bits per heavy atom. The molecule has 1 aliphatic rings. The minimum absolute atomic E-state index is 0.0738. The molecule has 0 bridgehead atoms. The highest BCUT2D eigenvalue weighted by Gasteiger charge is 2.31. The van der Waals surface area contributed by atoms with Crippen molar-refractivity contribution in [2.45, 2.75) is 24.0 Å². The Hall–Kier alpha value is -3.57. The molecule has 1 heterocycles. The van der Waals surface area contributed by atoms with Crippen molar-refractivity contribution in [3.05, 3.63) is 90.0 Å². The lowest BCUT2D eigenvalue weighted by molar-refractivity contribution is -0.137. The third-order valence-electron chi connectivity index (χ3n) is 6.30. The van der Waals surface area contributed by atoms with Crippen molar-refractivity contribution in [3.63, 3.8) is 0 Å². The Morgan fingerprint density at radius 1 is 0.947 bits per heavy atom.